The number of amides is 1. The van der Waals surface area contributed by atoms with Crippen LogP contribution in [0.15, 0.2) is 34.9 Å². The Balaban J connectivity index is 1.98. The molecule has 0 aliphatic rings. The van der Waals surface area contributed by atoms with Crippen molar-refractivity contribution < 1.29 is 4.79 Å². The molecule has 8 heteroatoms. The topological polar surface area (TPSA) is 54.3 Å². The highest BCUT2D eigenvalue weighted by molar-refractivity contribution is 9.10. The molecule has 2 heterocycles. The van der Waals surface area contributed by atoms with Crippen molar-refractivity contribution in [3.63, 3.8) is 0 Å². The Labute approximate surface area is 178 Å². The van der Waals surface area contributed by atoms with Gasteiger partial charge in [0.15, 0.2) is 5.13 Å². The normalized spacial score (nSPS) is 11.7. The summed E-state index contributed by atoms with van der Waals surface area (Å²) in [6.45, 7) is 11.6. The molecule has 0 radical (unpaired) electrons. The molecule has 0 aliphatic heterocycles. The lowest BCUT2D eigenvalue weighted by Crippen LogP contribution is -2.39. The van der Waals surface area contributed by atoms with E-state index in [0.717, 1.165) is 39.5 Å². The van der Waals surface area contributed by atoms with Gasteiger partial charge in [-0.25, -0.2) is 4.98 Å². The van der Waals surface area contributed by atoms with Crippen LogP contribution in [0.25, 0.3) is 10.2 Å². The van der Waals surface area contributed by atoms with E-state index < -0.39 is 0 Å². The van der Waals surface area contributed by atoms with Crippen molar-refractivity contribution in [1.82, 2.24) is 19.7 Å². The van der Waals surface area contributed by atoms with Crippen LogP contribution in [-0.2, 0) is 0 Å². The van der Waals surface area contributed by atoms with Crippen molar-refractivity contribution in [3.8, 4) is 0 Å². The summed E-state index contributed by atoms with van der Waals surface area (Å²) >= 11 is 5.06. The second-order valence-electron chi connectivity index (χ2n) is 6.85. The lowest BCUT2D eigenvalue weighted by Gasteiger charge is -2.25. The summed E-state index contributed by atoms with van der Waals surface area (Å²) < 4.78 is 3.84. The molecule has 150 valence electrons. The number of aromatic nitrogens is 3. The summed E-state index contributed by atoms with van der Waals surface area (Å²) in [7, 11) is 0. The number of rotatable bonds is 8. The van der Waals surface area contributed by atoms with Crippen LogP contribution in [0.5, 0.6) is 0 Å². The third-order valence-corrected chi connectivity index (χ3v) is 6.26. The zero-order chi connectivity index (χ0) is 20.3. The predicted octanol–water partition coefficient (Wildman–Crippen LogP) is 4.82. The fraction of sp³-hybridized carbons (Fsp3) is 0.450. The first kappa shape index (κ1) is 21.0. The van der Waals surface area contributed by atoms with Gasteiger partial charge >= 0.3 is 0 Å². The summed E-state index contributed by atoms with van der Waals surface area (Å²) in [4.78, 5) is 22.3. The van der Waals surface area contributed by atoms with Gasteiger partial charge in [0, 0.05) is 29.8 Å². The Kier molecular flexibility index (Phi) is 6.85. The summed E-state index contributed by atoms with van der Waals surface area (Å²) in [6.07, 6.45) is 1.69. The summed E-state index contributed by atoms with van der Waals surface area (Å²) in [5.41, 5.74) is 1.50. The Hall–Kier alpha value is -1.77. The van der Waals surface area contributed by atoms with Gasteiger partial charge in [0.25, 0.3) is 5.91 Å². The number of fused-ring (bicyclic) bond motifs is 1. The molecule has 0 saturated carbocycles. The van der Waals surface area contributed by atoms with E-state index in [2.05, 4.69) is 39.8 Å². The molecule has 0 atom stereocenters. The number of carbonyl (C=O) groups is 1. The smallest absolute Gasteiger partial charge is 0.278 e. The Bertz CT molecular complexity index is 947. The van der Waals surface area contributed by atoms with Gasteiger partial charge in [-0.15, -0.1) is 0 Å². The van der Waals surface area contributed by atoms with Crippen molar-refractivity contribution in [2.45, 2.75) is 33.7 Å². The molecule has 1 aromatic carbocycles. The van der Waals surface area contributed by atoms with Crippen LogP contribution in [0.2, 0.25) is 0 Å². The Morgan fingerprint density at radius 3 is 2.64 bits per heavy atom. The van der Waals surface area contributed by atoms with Gasteiger partial charge in [0.2, 0.25) is 0 Å². The molecule has 0 aliphatic carbocycles. The number of thiazole rings is 1. The van der Waals surface area contributed by atoms with Gasteiger partial charge in [-0.3, -0.25) is 14.4 Å². The highest BCUT2D eigenvalue weighted by Gasteiger charge is 2.25. The number of hydrogen-bond acceptors (Lipinski definition) is 5. The number of benzene rings is 1. The zero-order valence-corrected chi connectivity index (χ0v) is 19.1. The first-order valence-electron chi connectivity index (χ1n) is 9.58. The predicted molar refractivity (Wildman–Crippen MR) is 119 cm³/mol. The molecule has 0 bridgehead atoms. The number of carbonyl (C=O) groups excluding carboxylic acids is 1. The molecule has 2 aromatic heterocycles. The third-order valence-electron chi connectivity index (χ3n) is 4.73. The van der Waals surface area contributed by atoms with Crippen LogP contribution in [0.4, 0.5) is 5.13 Å². The van der Waals surface area contributed by atoms with Crippen molar-refractivity contribution in [1.29, 1.82) is 0 Å². The van der Waals surface area contributed by atoms with Crippen molar-refractivity contribution in [2.75, 3.05) is 31.1 Å². The van der Waals surface area contributed by atoms with Crippen LogP contribution in [0.3, 0.4) is 0 Å². The van der Waals surface area contributed by atoms with Gasteiger partial charge in [-0.05, 0) is 51.2 Å². The maximum atomic E-state index is 13.5. The fourth-order valence-corrected chi connectivity index (χ4v) is 4.64. The largest absolute Gasteiger partial charge is 0.302 e. The number of hydrogen-bond donors (Lipinski definition) is 0. The summed E-state index contributed by atoms with van der Waals surface area (Å²) in [5, 5.41) is 5.05. The minimum absolute atomic E-state index is 0.0588. The molecular weight excluding hydrogens is 438 g/mol. The SMILES string of the molecule is CCN(CC)CCN(C(=O)c1ccnn1C(C)C)c1nc2ccc(Br)cc2s1. The molecule has 0 spiro atoms. The molecule has 0 unspecified atom stereocenters. The number of likely N-dealkylation sites (N-methyl/N-ethyl adjacent to an activating group) is 1. The highest BCUT2D eigenvalue weighted by Crippen LogP contribution is 2.31. The van der Waals surface area contributed by atoms with Gasteiger partial charge in [0.05, 0.1) is 10.2 Å². The summed E-state index contributed by atoms with van der Waals surface area (Å²) in [6, 6.07) is 7.90. The van der Waals surface area contributed by atoms with Gasteiger partial charge < -0.3 is 4.90 Å². The van der Waals surface area contributed by atoms with Crippen molar-refractivity contribution in [3.05, 3.63) is 40.6 Å². The van der Waals surface area contributed by atoms with Gasteiger partial charge in [-0.2, -0.15) is 5.10 Å². The standard InChI is InChI=1S/C20H26BrN5OS/c1-5-24(6-2)11-12-25(19(27)17-9-10-22-26(17)14(3)4)20-23-16-8-7-15(21)13-18(16)28-20/h7-10,13-14H,5-6,11-12H2,1-4H3. The van der Waals surface area contributed by atoms with E-state index in [1.54, 1.807) is 33.2 Å². The van der Waals surface area contributed by atoms with Crippen LogP contribution < -0.4 is 4.90 Å². The first-order chi connectivity index (χ1) is 13.4. The van der Waals surface area contributed by atoms with E-state index in [0.29, 0.717) is 12.2 Å². The minimum Gasteiger partial charge on any atom is -0.302 e. The van der Waals surface area contributed by atoms with E-state index in [9.17, 15) is 4.79 Å². The summed E-state index contributed by atoms with van der Waals surface area (Å²) in [5.74, 6) is -0.0588. The zero-order valence-electron chi connectivity index (χ0n) is 16.7. The monoisotopic (exact) mass is 463 g/mol. The average molecular weight is 464 g/mol. The fourth-order valence-electron chi connectivity index (χ4n) is 3.10. The van der Waals surface area contributed by atoms with Crippen LogP contribution in [0.1, 0.15) is 44.2 Å². The lowest BCUT2D eigenvalue weighted by molar-refractivity contribution is 0.0971. The molecular formula is C20H26BrN5OS. The lowest BCUT2D eigenvalue weighted by atomic mass is 10.3. The molecule has 3 rings (SSSR count). The molecule has 28 heavy (non-hydrogen) atoms. The van der Waals surface area contributed by atoms with E-state index in [1.807, 2.05) is 32.0 Å². The van der Waals surface area contributed by atoms with E-state index >= 15 is 0 Å². The highest BCUT2D eigenvalue weighted by atomic mass is 79.9. The molecule has 0 saturated heterocycles. The number of anilines is 1. The molecule has 0 fully saturated rings. The second kappa shape index (κ2) is 9.15. The minimum atomic E-state index is -0.0588. The number of halogens is 1. The Morgan fingerprint density at radius 1 is 1.21 bits per heavy atom. The van der Waals surface area contributed by atoms with Crippen LogP contribution in [-0.4, -0.2) is 51.8 Å². The van der Waals surface area contributed by atoms with E-state index in [4.69, 9.17) is 4.98 Å². The average Bonchev–Trinajstić information content (AvgIpc) is 3.31. The first-order valence-corrected chi connectivity index (χ1v) is 11.2. The number of nitrogens with zero attached hydrogens (tertiary/aromatic N) is 5. The quantitative estimate of drug-likeness (QED) is 0.480. The van der Waals surface area contributed by atoms with Crippen LogP contribution in [0, 0.1) is 0 Å². The molecule has 6 nitrogen and oxygen atoms in total. The van der Waals surface area contributed by atoms with E-state index in [-0.39, 0.29) is 11.9 Å². The van der Waals surface area contributed by atoms with E-state index in [1.165, 1.54) is 0 Å². The van der Waals surface area contributed by atoms with Crippen LogP contribution >= 0.6 is 27.3 Å². The van der Waals surface area contributed by atoms with Crippen molar-refractivity contribution >= 4 is 48.5 Å². The van der Waals surface area contributed by atoms with Gasteiger partial charge in [0.1, 0.15) is 5.69 Å². The maximum absolute atomic E-state index is 13.5. The Morgan fingerprint density at radius 2 is 1.96 bits per heavy atom. The maximum Gasteiger partial charge on any atom is 0.278 e. The second-order valence-corrected chi connectivity index (χ2v) is 8.77. The third kappa shape index (κ3) is 4.45. The molecule has 0 N–H and O–H groups in total. The van der Waals surface area contributed by atoms with Gasteiger partial charge in [-0.1, -0.05) is 41.1 Å². The van der Waals surface area contributed by atoms with Crippen molar-refractivity contribution in [2.24, 2.45) is 0 Å². The molecule has 3 aromatic rings. The molecule has 1 amide bonds.